The lowest BCUT2D eigenvalue weighted by atomic mass is 10.2. The summed E-state index contributed by atoms with van der Waals surface area (Å²) in [6, 6.07) is 7.52. The quantitative estimate of drug-likeness (QED) is 0.503. The third-order valence-corrected chi connectivity index (χ3v) is 3.85. The molecule has 0 spiro atoms. The van der Waals surface area contributed by atoms with Crippen LogP contribution in [0.1, 0.15) is 27.9 Å². The van der Waals surface area contributed by atoms with Gasteiger partial charge in [-0.2, -0.15) is 5.10 Å². The van der Waals surface area contributed by atoms with Crippen LogP contribution in [-0.2, 0) is 11.2 Å². The average molecular weight is 319 g/mol. The molecule has 116 valence electrons. The van der Waals surface area contributed by atoms with Crippen molar-refractivity contribution in [1.82, 2.24) is 4.98 Å². The van der Waals surface area contributed by atoms with E-state index in [0.717, 1.165) is 11.3 Å². The van der Waals surface area contributed by atoms with Crippen molar-refractivity contribution in [2.75, 3.05) is 19.6 Å². The van der Waals surface area contributed by atoms with Gasteiger partial charge in [0.15, 0.2) is 0 Å². The zero-order chi connectivity index (χ0) is 15.9. The molecular formula is C15H17N3O3S. The van der Waals surface area contributed by atoms with Crippen molar-refractivity contribution in [2.24, 2.45) is 5.10 Å². The molecule has 0 unspecified atom stereocenters. The van der Waals surface area contributed by atoms with Gasteiger partial charge in [0.05, 0.1) is 26.1 Å². The van der Waals surface area contributed by atoms with E-state index < -0.39 is 0 Å². The lowest BCUT2D eigenvalue weighted by Gasteiger charge is -1.99. The number of benzene rings is 1. The number of anilines is 1. The van der Waals surface area contributed by atoms with Gasteiger partial charge >= 0.3 is 5.97 Å². The monoisotopic (exact) mass is 319 g/mol. The molecular weight excluding hydrogens is 302 g/mol. The SMILES string of the molecule is CCc1nc(N/N=C\c2cccc(OC)c2)sc1C(=O)OC. The molecule has 0 atom stereocenters. The van der Waals surface area contributed by atoms with Crippen LogP contribution in [0, 0.1) is 0 Å². The van der Waals surface area contributed by atoms with E-state index in [4.69, 9.17) is 9.47 Å². The Morgan fingerprint density at radius 3 is 2.95 bits per heavy atom. The Hall–Kier alpha value is -2.41. The van der Waals surface area contributed by atoms with Crippen molar-refractivity contribution < 1.29 is 14.3 Å². The largest absolute Gasteiger partial charge is 0.497 e. The minimum Gasteiger partial charge on any atom is -0.497 e. The van der Waals surface area contributed by atoms with Gasteiger partial charge in [-0.1, -0.05) is 30.4 Å². The van der Waals surface area contributed by atoms with Crippen molar-refractivity contribution >= 4 is 28.7 Å². The highest BCUT2D eigenvalue weighted by Crippen LogP contribution is 2.24. The van der Waals surface area contributed by atoms with E-state index in [1.807, 2.05) is 31.2 Å². The summed E-state index contributed by atoms with van der Waals surface area (Å²) in [6.45, 7) is 1.94. The molecule has 2 aromatic rings. The van der Waals surface area contributed by atoms with Gasteiger partial charge in [0.2, 0.25) is 5.13 Å². The third-order valence-electron chi connectivity index (χ3n) is 2.87. The second-order valence-electron chi connectivity index (χ2n) is 4.29. The standard InChI is InChI=1S/C15H17N3O3S/c1-4-12-13(14(19)21-3)22-15(17-12)18-16-9-10-6-5-7-11(8-10)20-2/h5-9H,4H2,1-3H3,(H,17,18)/b16-9-. The number of carbonyl (C=O) groups excluding carboxylic acids is 1. The van der Waals surface area contributed by atoms with Gasteiger partial charge in [0.1, 0.15) is 10.6 Å². The maximum Gasteiger partial charge on any atom is 0.350 e. The molecule has 1 heterocycles. The lowest BCUT2D eigenvalue weighted by Crippen LogP contribution is -2.01. The number of ether oxygens (including phenoxy) is 2. The first-order valence-electron chi connectivity index (χ1n) is 6.69. The van der Waals surface area contributed by atoms with Crippen LogP contribution in [0.3, 0.4) is 0 Å². The normalized spacial score (nSPS) is 10.7. The van der Waals surface area contributed by atoms with Gasteiger partial charge in [-0.3, -0.25) is 5.43 Å². The number of esters is 1. The van der Waals surface area contributed by atoms with Crippen molar-refractivity contribution in [3.63, 3.8) is 0 Å². The van der Waals surface area contributed by atoms with Crippen LogP contribution in [0.5, 0.6) is 5.75 Å². The predicted molar refractivity (Wildman–Crippen MR) is 87.0 cm³/mol. The van der Waals surface area contributed by atoms with Gasteiger partial charge < -0.3 is 9.47 Å². The smallest absolute Gasteiger partial charge is 0.350 e. The first-order valence-corrected chi connectivity index (χ1v) is 7.50. The Balaban J connectivity index is 2.09. The molecule has 0 aliphatic carbocycles. The second-order valence-corrected chi connectivity index (χ2v) is 5.29. The number of hydrogen-bond donors (Lipinski definition) is 1. The molecule has 7 heteroatoms. The van der Waals surface area contributed by atoms with Crippen LogP contribution < -0.4 is 10.2 Å². The van der Waals surface area contributed by atoms with Gasteiger partial charge in [-0.15, -0.1) is 0 Å². The summed E-state index contributed by atoms with van der Waals surface area (Å²) in [5.41, 5.74) is 4.43. The Morgan fingerprint density at radius 2 is 2.27 bits per heavy atom. The molecule has 1 aromatic carbocycles. The molecule has 22 heavy (non-hydrogen) atoms. The van der Waals surface area contributed by atoms with Gasteiger partial charge in [0, 0.05) is 0 Å². The first kappa shape index (κ1) is 16.0. The number of carbonyl (C=O) groups is 1. The number of thiazole rings is 1. The second kappa shape index (κ2) is 7.56. The minimum atomic E-state index is -0.376. The van der Waals surface area contributed by atoms with Crippen LogP contribution in [0.4, 0.5) is 5.13 Å². The number of methoxy groups -OCH3 is 2. The maximum atomic E-state index is 11.6. The first-order chi connectivity index (χ1) is 10.7. The van der Waals surface area contributed by atoms with Crippen molar-refractivity contribution in [1.29, 1.82) is 0 Å². The maximum absolute atomic E-state index is 11.6. The molecule has 0 aliphatic rings. The number of aryl methyl sites for hydroxylation is 1. The van der Waals surface area contributed by atoms with E-state index in [2.05, 4.69) is 15.5 Å². The van der Waals surface area contributed by atoms with Gasteiger partial charge in [0.25, 0.3) is 0 Å². The number of nitrogens with zero attached hydrogens (tertiary/aromatic N) is 2. The average Bonchev–Trinajstić information content (AvgIpc) is 2.97. The van der Waals surface area contributed by atoms with Gasteiger partial charge in [-0.25, -0.2) is 9.78 Å². The molecule has 0 amide bonds. The van der Waals surface area contributed by atoms with Crippen molar-refractivity contribution in [3.05, 3.63) is 40.4 Å². The summed E-state index contributed by atoms with van der Waals surface area (Å²) >= 11 is 1.22. The fourth-order valence-electron chi connectivity index (χ4n) is 1.78. The third kappa shape index (κ3) is 3.82. The summed E-state index contributed by atoms with van der Waals surface area (Å²) in [5.74, 6) is 0.388. The molecule has 0 fully saturated rings. The zero-order valence-electron chi connectivity index (χ0n) is 12.6. The van der Waals surface area contributed by atoms with E-state index >= 15 is 0 Å². The minimum absolute atomic E-state index is 0.376. The highest BCUT2D eigenvalue weighted by Gasteiger charge is 2.17. The molecule has 1 N–H and O–H groups in total. The van der Waals surface area contributed by atoms with Crippen LogP contribution in [0.25, 0.3) is 0 Å². The van der Waals surface area contributed by atoms with Crippen molar-refractivity contribution in [2.45, 2.75) is 13.3 Å². The number of hydrazone groups is 1. The van der Waals surface area contributed by atoms with E-state index in [1.54, 1.807) is 13.3 Å². The van der Waals surface area contributed by atoms with E-state index in [9.17, 15) is 4.79 Å². The molecule has 0 saturated heterocycles. The van der Waals surface area contributed by atoms with Crippen LogP contribution >= 0.6 is 11.3 Å². The summed E-state index contributed by atoms with van der Waals surface area (Å²) in [4.78, 5) is 16.5. The summed E-state index contributed by atoms with van der Waals surface area (Å²) in [5, 5.41) is 4.68. The predicted octanol–water partition coefficient (Wildman–Crippen LogP) is 2.95. The number of rotatable bonds is 6. The fraction of sp³-hybridized carbons (Fsp3) is 0.267. The number of hydrogen-bond acceptors (Lipinski definition) is 7. The summed E-state index contributed by atoms with van der Waals surface area (Å²) in [7, 11) is 2.97. The van der Waals surface area contributed by atoms with Gasteiger partial charge in [-0.05, 0) is 24.1 Å². The molecule has 2 rings (SSSR count). The molecule has 6 nitrogen and oxygen atoms in total. The Bertz CT molecular complexity index is 682. The number of nitrogens with one attached hydrogen (secondary N) is 1. The molecule has 1 aromatic heterocycles. The molecule has 0 bridgehead atoms. The van der Waals surface area contributed by atoms with E-state index in [-0.39, 0.29) is 5.97 Å². The molecule has 0 radical (unpaired) electrons. The topological polar surface area (TPSA) is 72.8 Å². The lowest BCUT2D eigenvalue weighted by molar-refractivity contribution is 0.0605. The van der Waals surface area contributed by atoms with Crippen LogP contribution in [0.15, 0.2) is 29.4 Å². The Kier molecular flexibility index (Phi) is 5.48. The highest BCUT2D eigenvalue weighted by molar-refractivity contribution is 7.17. The highest BCUT2D eigenvalue weighted by atomic mass is 32.1. The van der Waals surface area contributed by atoms with Crippen LogP contribution in [-0.4, -0.2) is 31.4 Å². The Labute approximate surface area is 132 Å². The summed E-state index contributed by atoms with van der Waals surface area (Å²) in [6.07, 6.45) is 2.32. The Morgan fingerprint density at radius 1 is 1.45 bits per heavy atom. The summed E-state index contributed by atoms with van der Waals surface area (Å²) < 4.78 is 9.89. The molecule has 0 aliphatic heterocycles. The number of aromatic nitrogens is 1. The van der Waals surface area contributed by atoms with Crippen molar-refractivity contribution in [3.8, 4) is 5.75 Å². The van der Waals surface area contributed by atoms with E-state index in [0.29, 0.717) is 22.1 Å². The van der Waals surface area contributed by atoms with Crippen LogP contribution in [0.2, 0.25) is 0 Å². The zero-order valence-corrected chi connectivity index (χ0v) is 13.4. The fourth-order valence-corrected chi connectivity index (χ4v) is 2.70. The van der Waals surface area contributed by atoms with E-state index in [1.165, 1.54) is 18.4 Å². The molecule has 0 saturated carbocycles.